The fourth-order valence-corrected chi connectivity index (χ4v) is 4.29. The Morgan fingerprint density at radius 1 is 0.933 bits per heavy atom. The van der Waals surface area contributed by atoms with Crippen molar-refractivity contribution in [3.05, 3.63) is 94.8 Å². The van der Waals surface area contributed by atoms with E-state index < -0.39 is 0 Å². The number of thioether (sulfide) groups is 1. The van der Waals surface area contributed by atoms with Crippen LogP contribution in [0.5, 0.6) is 0 Å². The number of rotatable bonds is 7. The Bertz CT molecular complexity index is 1120. The molecule has 4 aromatic rings. The quantitative estimate of drug-likeness (QED) is 0.373. The van der Waals surface area contributed by atoms with Gasteiger partial charge in [-0.15, -0.1) is 23.1 Å². The van der Waals surface area contributed by atoms with Crippen molar-refractivity contribution in [3.63, 3.8) is 0 Å². The summed E-state index contributed by atoms with van der Waals surface area (Å²) < 4.78 is 5.07. The van der Waals surface area contributed by atoms with E-state index in [4.69, 9.17) is 4.42 Å². The first kappa shape index (κ1) is 19.9. The number of thiazole rings is 1. The van der Waals surface area contributed by atoms with E-state index in [2.05, 4.69) is 15.6 Å². The van der Waals surface area contributed by atoms with Crippen molar-refractivity contribution in [2.75, 3.05) is 10.6 Å². The molecule has 2 heterocycles. The SMILES string of the molecule is O=C(Nc1ccc(NC(=O)c2ccccc2SCc2cscn2)cc1)c1ccco1. The van der Waals surface area contributed by atoms with Crippen LogP contribution in [-0.4, -0.2) is 16.8 Å². The summed E-state index contributed by atoms with van der Waals surface area (Å²) in [6.45, 7) is 0. The topological polar surface area (TPSA) is 84.2 Å². The number of carbonyl (C=O) groups excluding carboxylic acids is 2. The average molecular weight is 436 g/mol. The van der Waals surface area contributed by atoms with Crippen LogP contribution in [0.4, 0.5) is 11.4 Å². The Kier molecular flexibility index (Phi) is 6.26. The summed E-state index contributed by atoms with van der Waals surface area (Å²) >= 11 is 3.13. The zero-order valence-electron chi connectivity index (χ0n) is 15.7. The molecule has 0 saturated carbocycles. The summed E-state index contributed by atoms with van der Waals surface area (Å²) in [6, 6.07) is 17.6. The molecule has 30 heavy (non-hydrogen) atoms. The van der Waals surface area contributed by atoms with Crippen molar-refractivity contribution >= 4 is 46.3 Å². The molecule has 4 rings (SSSR count). The van der Waals surface area contributed by atoms with Gasteiger partial charge in [-0.3, -0.25) is 9.59 Å². The highest BCUT2D eigenvalue weighted by atomic mass is 32.2. The lowest BCUT2D eigenvalue weighted by molar-refractivity contribution is 0.0994. The molecule has 0 atom stereocenters. The molecular weight excluding hydrogens is 418 g/mol. The molecule has 0 aliphatic rings. The van der Waals surface area contributed by atoms with Crippen molar-refractivity contribution in [3.8, 4) is 0 Å². The van der Waals surface area contributed by atoms with Gasteiger partial charge >= 0.3 is 0 Å². The van der Waals surface area contributed by atoms with Crippen LogP contribution in [0.3, 0.4) is 0 Å². The largest absolute Gasteiger partial charge is 0.459 e. The lowest BCUT2D eigenvalue weighted by Crippen LogP contribution is -2.13. The van der Waals surface area contributed by atoms with E-state index in [1.54, 1.807) is 71.1 Å². The van der Waals surface area contributed by atoms with Gasteiger partial charge in [0.1, 0.15) is 0 Å². The number of carbonyl (C=O) groups is 2. The molecule has 2 aromatic heterocycles. The third kappa shape index (κ3) is 4.97. The molecule has 6 nitrogen and oxygen atoms in total. The van der Waals surface area contributed by atoms with Crippen LogP contribution in [0.15, 0.2) is 87.1 Å². The third-order valence-corrected chi connectivity index (χ3v) is 5.88. The molecule has 0 spiro atoms. The van der Waals surface area contributed by atoms with Crippen molar-refractivity contribution in [1.82, 2.24) is 4.98 Å². The molecule has 150 valence electrons. The fourth-order valence-electron chi connectivity index (χ4n) is 2.68. The number of nitrogens with one attached hydrogen (secondary N) is 2. The maximum Gasteiger partial charge on any atom is 0.291 e. The Morgan fingerprint density at radius 2 is 1.67 bits per heavy atom. The highest BCUT2D eigenvalue weighted by molar-refractivity contribution is 7.98. The van der Waals surface area contributed by atoms with Crippen LogP contribution in [-0.2, 0) is 5.75 Å². The zero-order chi connectivity index (χ0) is 20.8. The van der Waals surface area contributed by atoms with E-state index >= 15 is 0 Å². The van der Waals surface area contributed by atoms with Gasteiger partial charge in [-0.2, -0.15) is 0 Å². The highest BCUT2D eigenvalue weighted by Gasteiger charge is 2.13. The van der Waals surface area contributed by atoms with Crippen LogP contribution in [0.25, 0.3) is 0 Å². The molecular formula is C22H17N3O3S2. The van der Waals surface area contributed by atoms with E-state index in [9.17, 15) is 9.59 Å². The summed E-state index contributed by atoms with van der Waals surface area (Å²) in [7, 11) is 0. The first-order valence-corrected chi connectivity index (χ1v) is 11.0. The van der Waals surface area contributed by atoms with Crippen molar-refractivity contribution in [2.24, 2.45) is 0 Å². The predicted octanol–water partition coefficient (Wildman–Crippen LogP) is 5.53. The summed E-state index contributed by atoms with van der Waals surface area (Å²) in [5, 5.41) is 7.65. The minimum atomic E-state index is -0.331. The van der Waals surface area contributed by atoms with Gasteiger partial charge in [0, 0.05) is 27.4 Å². The van der Waals surface area contributed by atoms with Crippen molar-refractivity contribution < 1.29 is 14.0 Å². The van der Waals surface area contributed by atoms with E-state index in [1.807, 2.05) is 23.6 Å². The lowest BCUT2D eigenvalue weighted by Gasteiger charge is -2.10. The zero-order valence-corrected chi connectivity index (χ0v) is 17.3. The Labute approximate surface area is 181 Å². The number of nitrogens with zero attached hydrogens (tertiary/aromatic N) is 1. The normalized spacial score (nSPS) is 10.5. The molecule has 8 heteroatoms. The molecule has 0 saturated heterocycles. The van der Waals surface area contributed by atoms with E-state index in [0.717, 1.165) is 10.6 Å². The van der Waals surface area contributed by atoms with E-state index in [0.29, 0.717) is 22.7 Å². The van der Waals surface area contributed by atoms with Gasteiger partial charge in [0.2, 0.25) is 0 Å². The number of hydrogen-bond acceptors (Lipinski definition) is 6. The first-order valence-electron chi connectivity index (χ1n) is 9.04. The van der Waals surface area contributed by atoms with Crippen molar-refractivity contribution in [1.29, 1.82) is 0 Å². The van der Waals surface area contributed by atoms with Gasteiger partial charge < -0.3 is 15.1 Å². The Hall–Kier alpha value is -3.36. The number of anilines is 2. The lowest BCUT2D eigenvalue weighted by atomic mass is 10.2. The standard InChI is InChI=1S/C22H17N3O3S2/c26-21(18-4-1-2-6-20(18)30-13-17-12-29-14-23-17)24-15-7-9-16(10-8-15)25-22(27)19-5-3-11-28-19/h1-12,14H,13H2,(H,24,26)(H,25,27). The maximum absolute atomic E-state index is 12.8. The predicted molar refractivity (Wildman–Crippen MR) is 119 cm³/mol. The molecule has 0 aliphatic carbocycles. The maximum atomic E-state index is 12.8. The van der Waals surface area contributed by atoms with Crippen molar-refractivity contribution in [2.45, 2.75) is 10.6 Å². The third-order valence-electron chi connectivity index (χ3n) is 4.14. The second kappa shape index (κ2) is 9.43. The van der Waals surface area contributed by atoms with Gasteiger partial charge in [0.15, 0.2) is 5.76 Å². The van der Waals surface area contributed by atoms with Crippen LogP contribution in [0, 0.1) is 0 Å². The Morgan fingerprint density at radius 3 is 2.33 bits per heavy atom. The highest BCUT2D eigenvalue weighted by Crippen LogP contribution is 2.27. The van der Waals surface area contributed by atoms with Gasteiger partial charge in [0.05, 0.1) is 23.0 Å². The number of aromatic nitrogens is 1. The number of benzene rings is 2. The summed E-state index contributed by atoms with van der Waals surface area (Å²) in [4.78, 5) is 30.0. The van der Waals surface area contributed by atoms with E-state index in [1.165, 1.54) is 6.26 Å². The van der Waals surface area contributed by atoms with Gasteiger partial charge in [-0.05, 0) is 48.5 Å². The minimum Gasteiger partial charge on any atom is -0.459 e. The summed E-state index contributed by atoms with van der Waals surface area (Å²) in [5.41, 5.74) is 4.64. The van der Waals surface area contributed by atoms with Gasteiger partial charge in [-0.1, -0.05) is 12.1 Å². The molecule has 2 amide bonds. The van der Waals surface area contributed by atoms with Crippen LogP contribution < -0.4 is 10.6 Å². The molecule has 0 bridgehead atoms. The minimum absolute atomic E-state index is 0.191. The summed E-state index contributed by atoms with van der Waals surface area (Å²) in [6.07, 6.45) is 1.44. The first-order chi connectivity index (χ1) is 14.7. The van der Waals surface area contributed by atoms with Crippen LogP contribution in [0.2, 0.25) is 0 Å². The number of amides is 2. The average Bonchev–Trinajstić information content (AvgIpc) is 3.48. The molecule has 0 radical (unpaired) electrons. The molecule has 0 aliphatic heterocycles. The molecule has 0 unspecified atom stereocenters. The Balaban J connectivity index is 1.39. The monoisotopic (exact) mass is 435 g/mol. The number of hydrogen-bond donors (Lipinski definition) is 2. The van der Waals surface area contributed by atoms with E-state index in [-0.39, 0.29) is 17.6 Å². The smallest absolute Gasteiger partial charge is 0.291 e. The molecule has 2 aromatic carbocycles. The fraction of sp³-hybridized carbons (Fsp3) is 0.0455. The second-order valence-corrected chi connectivity index (χ2v) is 7.96. The number of furan rings is 1. The molecule has 0 fully saturated rings. The molecule has 2 N–H and O–H groups in total. The van der Waals surface area contributed by atoms with Gasteiger partial charge in [0.25, 0.3) is 11.8 Å². The van der Waals surface area contributed by atoms with Crippen LogP contribution >= 0.6 is 23.1 Å². The summed E-state index contributed by atoms with van der Waals surface area (Å²) in [5.74, 6) is 0.420. The van der Waals surface area contributed by atoms with Crippen LogP contribution in [0.1, 0.15) is 26.6 Å². The van der Waals surface area contributed by atoms with Gasteiger partial charge in [-0.25, -0.2) is 4.98 Å². The second-order valence-electron chi connectivity index (χ2n) is 6.23.